The molecule has 4 heteroatoms. The average Bonchev–Trinajstić information content (AvgIpc) is 2.54. The molecule has 0 aliphatic heterocycles. The molecule has 3 nitrogen and oxygen atoms in total. The highest BCUT2D eigenvalue weighted by Gasteiger charge is 2.13. The summed E-state index contributed by atoms with van der Waals surface area (Å²) < 4.78 is 2.71. The number of aryl methyl sites for hydroxylation is 1. The summed E-state index contributed by atoms with van der Waals surface area (Å²) in [5, 5.41) is 7.04. The van der Waals surface area contributed by atoms with Crippen LogP contribution in [0.1, 0.15) is 18.4 Å². The molecule has 0 bridgehead atoms. The second-order valence-corrected chi connectivity index (χ2v) is 4.11. The van der Waals surface area contributed by atoms with Crippen molar-refractivity contribution in [2.45, 2.75) is 13.8 Å². The SMILES string of the molecule is C=Cn1c(C(=C)C(C)=CC=N)nc(C)c1Br. The molecule has 0 aromatic carbocycles. The predicted octanol–water partition coefficient (Wildman–Crippen LogP) is 3.66. The smallest absolute Gasteiger partial charge is 0.144 e. The summed E-state index contributed by atoms with van der Waals surface area (Å²) in [4.78, 5) is 4.41. The number of nitrogens with zero attached hydrogens (tertiary/aromatic N) is 2. The van der Waals surface area contributed by atoms with Crippen LogP contribution in [0.3, 0.4) is 0 Å². The van der Waals surface area contributed by atoms with Crippen LogP contribution in [0.4, 0.5) is 0 Å². The Kier molecular flexibility index (Phi) is 4.01. The minimum atomic E-state index is 0.745. The van der Waals surface area contributed by atoms with Crippen molar-refractivity contribution in [3.8, 4) is 0 Å². The molecule has 0 atom stereocenters. The zero-order chi connectivity index (χ0) is 12.3. The Balaban J connectivity index is 3.29. The molecule has 1 aromatic rings. The molecule has 0 saturated carbocycles. The number of aromatic nitrogens is 2. The molecular formula is C12H14BrN3. The molecule has 0 aliphatic carbocycles. The highest BCUT2D eigenvalue weighted by Crippen LogP contribution is 2.26. The lowest BCUT2D eigenvalue weighted by Gasteiger charge is -2.06. The maximum atomic E-state index is 7.04. The van der Waals surface area contributed by atoms with Crippen molar-refractivity contribution in [1.29, 1.82) is 5.41 Å². The third kappa shape index (κ3) is 2.22. The molecule has 84 valence electrons. The normalized spacial score (nSPS) is 11.3. The monoisotopic (exact) mass is 279 g/mol. The molecule has 1 heterocycles. The van der Waals surface area contributed by atoms with Crippen molar-refractivity contribution in [3.63, 3.8) is 0 Å². The van der Waals surface area contributed by atoms with E-state index in [9.17, 15) is 0 Å². The van der Waals surface area contributed by atoms with Crippen LogP contribution in [-0.2, 0) is 0 Å². The van der Waals surface area contributed by atoms with Gasteiger partial charge in [-0.15, -0.1) is 0 Å². The number of allylic oxidation sites excluding steroid dienone is 3. The van der Waals surface area contributed by atoms with Crippen molar-refractivity contribution in [2.75, 3.05) is 0 Å². The largest absolute Gasteiger partial charge is 0.309 e. The minimum absolute atomic E-state index is 0.745. The Morgan fingerprint density at radius 1 is 1.56 bits per heavy atom. The Hall–Kier alpha value is -1.42. The first kappa shape index (κ1) is 12.6. The zero-order valence-electron chi connectivity index (χ0n) is 9.42. The van der Waals surface area contributed by atoms with Crippen LogP contribution in [0.5, 0.6) is 0 Å². The fourth-order valence-corrected chi connectivity index (χ4v) is 1.71. The van der Waals surface area contributed by atoms with E-state index in [1.54, 1.807) is 12.3 Å². The van der Waals surface area contributed by atoms with Crippen LogP contribution in [0, 0.1) is 12.3 Å². The molecular weight excluding hydrogens is 266 g/mol. The molecule has 0 unspecified atom stereocenters. The lowest BCUT2D eigenvalue weighted by Crippen LogP contribution is -1.96. The summed E-state index contributed by atoms with van der Waals surface area (Å²) in [6, 6.07) is 0. The van der Waals surface area contributed by atoms with Gasteiger partial charge in [0.05, 0.1) is 5.69 Å². The molecule has 16 heavy (non-hydrogen) atoms. The molecule has 1 rings (SSSR count). The van der Waals surface area contributed by atoms with E-state index in [4.69, 9.17) is 5.41 Å². The van der Waals surface area contributed by atoms with Gasteiger partial charge >= 0.3 is 0 Å². The number of imidazole rings is 1. The van der Waals surface area contributed by atoms with Crippen molar-refractivity contribution in [3.05, 3.63) is 40.9 Å². The Morgan fingerprint density at radius 2 is 2.19 bits per heavy atom. The summed E-state index contributed by atoms with van der Waals surface area (Å²) in [6.45, 7) is 11.5. The lowest BCUT2D eigenvalue weighted by molar-refractivity contribution is 1.07. The molecule has 1 aromatic heterocycles. The number of rotatable bonds is 4. The summed E-state index contributed by atoms with van der Waals surface area (Å²) in [5.74, 6) is 0.745. The van der Waals surface area contributed by atoms with Gasteiger partial charge in [0.15, 0.2) is 0 Å². The predicted molar refractivity (Wildman–Crippen MR) is 72.6 cm³/mol. The standard InChI is InChI=1S/C12H14BrN3/c1-5-16-11(13)10(4)15-12(16)9(3)8(2)6-7-14/h5-7,14H,1,3H2,2,4H3. The molecule has 0 aliphatic rings. The second-order valence-electron chi connectivity index (χ2n) is 3.36. The van der Waals surface area contributed by atoms with E-state index in [0.717, 1.165) is 27.3 Å². The number of halogens is 1. The first-order valence-corrected chi connectivity index (χ1v) is 5.56. The molecule has 0 radical (unpaired) electrons. The Labute approximate surface area is 104 Å². The van der Waals surface area contributed by atoms with Crippen LogP contribution < -0.4 is 0 Å². The Morgan fingerprint density at radius 3 is 2.69 bits per heavy atom. The van der Waals surface area contributed by atoms with Gasteiger partial charge in [0.25, 0.3) is 0 Å². The molecule has 0 spiro atoms. The molecule has 0 amide bonds. The summed E-state index contributed by atoms with van der Waals surface area (Å²) in [6.07, 6.45) is 4.61. The van der Waals surface area contributed by atoms with Crippen LogP contribution in [0.15, 0.2) is 29.4 Å². The van der Waals surface area contributed by atoms with Gasteiger partial charge in [0.1, 0.15) is 10.4 Å². The lowest BCUT2D eigenvalue weighted by atomic mass is 10.1. The third-order valence-corrected chi connectivity index (χ3v) is 3.23. The van der Waals surface area contributed by atoms with Crippen molar-refractivity contribution in [2.24, 2.45) is 0 Å². The Bertz CT molecular complexity index is 481. The highest BCUT2D eigenvalue weighted by molar-refractivity contribution is 9.10. The zero-order valence-corrected chi connectivity index (χ0v) is 11.0. The van der Waals surface area contributed by atoms with Gasteiger partial charge < -0.3 is 5.41 Å². The van der Waals surface area contributed by atoms with E-state index in [1.807, 2.05) is 18.4 Å². The fraction of sp³-hybridized carbons (Fsp3) is 0.167. The van der Waals surface area contributed by atoms with Gasteiger partial charge in [-0.1, -0.05) is 13.2 Å². The van der Waals surface area contributed by atoms with Crippen LogP contribution in [0.2, 0.25) is 0 Å². The van der Waals surface area contributed by atoms with Crippen LogP contribution in [0.25, 0.3) is 11.8 Å². The van der Waals surface area contributed by atoms with Gasteiger partial charge in [0.2, 0.25) is 0 Å². The molecule has 0 fully saturated rings. The molecule has 0 saturated heterocycles. The van der Waals surface area contributed by atoms with E-state index < -0.39 is 0 Å². The first-order chi connectivity index (χ1) is 7.52. The van der Waals surface area contributed by atoms with E-state index in [-0.39, 0.29) is 0 Å². The van der Waals surface area contributed by atoms with Crippen molar-refractivity contribution < 1.29 is 0 Å². The maximum Gasteiger partial charge on any atom is 0.144 e. The van der Waals surface area contributed by atoms with E-state index in [2.05, 4.69) is 34.1 Å². The van der Waals surface area contributed by atoms with E-state index in [0.29, 0.717) is 0 Å². The van der Waals surface area contributed by atoms with Crippen molar-refractivity contribution in [1.82, 2.24) is 9.55 Å². The number of hydrogen-bond donors (Lipinski definition) is 1. The summed E-state index contributed by atoms with van der Waals surface area (Å²) >= 11 is 3.44. The second kappa shape index (κ2) is 5.07. The van der Waals surface area contributed by atoms with Gasteiger partial charge in [-0.2, -0.15) is 0 Å². The van der Waals surface area contributed by atoms with Gasteiger partial charge in [-0.3, -0.25) is 4.57 Å². The minimum Gasteiger partial charge on any atom is -0.309 e. The van der Waals surface area contributed by atoms with E-state index in [1.165, 1.54) is 6.21 Å². The van der Waals surface area contributed by atoms with Gasteiger partial charge in [-0.05, 0) is 41.4 Å². The highest BCUT2D eigenvalue weighted by atomic mass is 79.9. The first-order valence-electron chi connectivity index (χ1n) is 4.76. The van der Waals surface area contributed by atoms with Crippen LogP contribution in [-0.4, -0.2) is 15.8 Å². The maximum absolute atomic E-state index is 7.04. The quantitative estimate of drug-likeness (QED) is 0.663. The summed E-state index contributed by atoms with van der Waals surface area (Å²) in [5.41, 5.74) is 2.59. The fourth-order valence-electron chi connectivity index (χ4n) is 1.31. The number of nitrogens with one attached hydrogen (secondary N) is 1. The number of hydrogen-bond acceptors (Lipinski definition) is 2. The summed E-state index contributed by atoms with van der Waals surface area (Å²) in [7, 11) is 0. The van der Waals surface area contributed by atoms with Gasteiger partial charge in [0, 0.05) is 18.0 Å². The molecule has 1 N–H and O–H groups in total. The van der Waals surface area contributed by atoms with Crippen molar-refractivity contribution >= 4 is 33.9 Å². The average molecular weight is 280 g/mol. The topological polar surface area (TPSA) is 41.7 Å². The van der Waals surface area contributed by atoms with E-state index >= 15 is 0 Å². The third-order valence-electron chi connectivity index (χ3n) is 2.27. The van der Waals surface area contributed by atoms with Gasteiger partial charge in [-0.25, -0.2) is 4.98 Å². The van der Waals surface area contributed by atoms with Crippen LogP contribution >= 0.6 is 15.9 Å².